The van der Waals surface area contributed by atoms with Crippen molar-refractivity contribution < 1.29 is 18.0 Å². The molecule has 0 spiro atoms. The fraction of sp³-hybridized carbons (Fsp3) is 0.435. The minimum atomic E-state index is -4.32. The van der Waals surface area contributed by atoms with E-state index in [0.717, 1.165) is 37.1 Å². The molecule has 2 aromatic carbocycles. The number of alkyl halides is 3. The first-order valence-electron chi connectivity index (χ1n) is 10.3. The van der Waals surface area contributed by atoms with Crippen molar-refractivity contribution in [2.75, 3.05) is 13.6 Å². The molecule has 1 heterocycles. The Labute approximate surface area is 174 Å². The summed E-state index contributed by atoms with van der Waals surface area (Å²) in [7, 11) is 1.66. The van der Waals surface area contributed by atoms with Gasteiger partial charge >= 0.3 is 6.18 Å². The largest absolute Gasteiger partial charge is 0.416 e. The molecule has 0 bridgehead atoms. The van der Waals surface area contributed by atoms with Gasteiger partial charge in [0.05, 0.1) is 11.6 Å². The number of amides is 1. The Bertz CT molecular complexity index is 872. The number of hydrogen-bond acceptors (Lipinski definition) is 3. The number of likely N-dealkylation sites (N-methyl/N-ethyl adjacent to an activating group) is 1. The first-order chi connectivity index (χ1) is 14.3. The van der Waals surface area contributed by atoms with Gasteiger partial charge in [-0.05, 0) is 48.1 Å². The summed E-state index contributed by atoms with van der Waals surface area (Å²) in [6.07, 6.45) is -1.75. The molecule has 2 N–H and O–H groups in total. The van der Waals surface area contributed by atoms with Crippen molar-refractivity contribution in [1.29, 1.82) is 0 Å². The quantitative estimate of drug-likeness (QED) is 0.786. The van der Waals surface area contributed by atoms with Crippen molar-refractivity contribution in [2.45, 2.75) is 50.1 Å². The molecule has 4 nitrogen and oxygen atoms in total. The van der Waals surface area contributed by atoms with E-state index < -0.39 is 11.7 Å². The summed E-state index contributed by atoms with van der Waals surface area (Å²) < 4.78 is 38.2. The summed E-state index contributed by atoms with van der Waals surface area (Å²) >= 11 is 0. The van der Waals surface area contributed by atoms with Crippen LogP contribution in [0.25, 0.3) is 0 Å². The SMILES string of the molecule is CNC(=O)[C@@H]1C[C@@H](NCc2ccc(C(F)(F)F)cc2)CN1C1Cc2ccccc2C1. The third-order valence-electron chi connectivity index (χ3n) is 6.26. The molecule has 1 saturated heterocycles. The second-order valence-electron chi connectivity index (χ2n) is 8.17. The van der Waals surface area contributed by atoms with Crippen molar-refractivity contribution in [3.05, 3.63) is 70.8 Å². The maximum atomic E-state index is 12.7. The van der Waals surface area contributed by atoms with Crippen molar-refractivity contribution in [1.82, 2.24) is 15.5 Å². The lowest BCUT2D eigenvalue weighted by molar-refractivity contribution is -0.137. The van der Waals surface area contributed by atoms with E-state index in [1.54, 1.807) is 7.05 Å². The average Bonchev–Trinajstić information content (AvgIpc) is 3.35. The maximum Gasteiger partial charge on any atom is 0.416 e. The molecule has 160 valence electrons. The van der Waals surface area contributed by atoms with Gasteiger partial charge in [-0.1, -0.05) is 36.4 Å². The molecule has 1 fully saturated rings. The highest BCUT2D eigenvalue weighted by Crippen LogP contribution is 2.31. The molecule has 2 atom stereocenters. The summed E-state index contributed by atoms with van der Waals surface area (Å²) in [5.41, 5.74) is 2.85. The highest BCUT2D eigenvalue weighted by atomic mass is 19.4. The summed E-state index contributed by atoms with van der Waals surface area (Å²) in [5, 5.41) is 6.22. The van der Waals surface area contributed by atoms with E-state index in [1.807, 2.05) is 0 Å². The van der Waals surface area contributed by atoms with Gasteiger partial charge in [0.2, 0.25) is 5.91 Å². The van der Waals surface area contributed by atoms with Crippen LogP contribution in [0.15, 0.2) is 48.5 Å². The Balaban J connectivity index is 1.40. The van der Waals surface area contributed by atoms with Crippen LogP contribution in [0.2, 0.25) is 0 Å². The normalized spacial score (nSPS) is 22.3. The van der Waals surface area contributed by atoms with Crippen LogP contribution in [0.3, 0.4) is 0 Å². The van der Waals surface area contributed by atoms with Gasteiger partial charge < -0.3 is 10.6 Å². The molecule has 2 aliphatic rings. The Hall–Kier alpha value is -2.38. The number of nitrogens with one attached hydrogen (secondary N) is 2. The second kappa shape index (κ2) is 8.40. The van der Waals surface area contributed by atoms with Gasteiger partial charge in [0.15, 0.2) is 0 Å². The number of likely N-dealkylation sites (tertiary alicyclic amines) is 1. The van der Waals surface area contributed by atoms with E-state index in [9.17, 15) is 18.0 Å². The van der Waals surface area contributed by atoms with E-state index in [-0.39, 0.29) is 18.0 Å². The molecule has 1 amide bonds. The second-order valence-corrected chi connectivity index (χ2v) is 8.17. The predicted octanol–water partition coefficient (Wildman–Crippen LogP) is 3.15. The van der Waals surface area contributed by atoms with Crippen LogP contribution in [0.4, 0.5) is 13.2 Å². The van der Waals surface area contributed by atoms with Crippen molar-refractivity contribution in [3.8, 4) is 0 Å². The molecule has 0 aromatic heterocycles. The topological polar surface area (TPSA) is 44.4 Å². The number of fused-ring (bicyclic) bond motifs is 1. The zero-order chi connectivity index (χ0) is 21.3. The number of rotatable bonds is 5. The molecule has 4 rings (SSSR count). The van der Waals surface area contributed by atoms with E-state index >= 15 is 0 Å². The van der Waals surface area contributed by atoms with Crippen LogP contribution >= 0.6 is 0 Å². The summed E-state index contributed by atoms with van der Waals surface area (Å²) in [4.78, 5) is 14.8. The molecule has 30 heavy (non-hydrogen) atoms. The van der Waals surface area contributed by atoms with Gasteiger partial charge in [0.25, 0.3) is 0 Å². The highest BCUT2D eigenvalue weighted by molar-refractivity contribution is 5.82. The zero-order valence-electron chi connectivity index (χ0n) is 16.9. The van der Waals surface area contributed by atoms with E-state index in [2.05, 4.69) is 39.8 Å². The van der Waals surface area contributed by atoms with Crippen LogP contribution in [0, 0.1) is 0 Å². The Morgan fingerprint density at radius 2 is 1.70 bits per heavy atom. The molecule has 0 unspecified atom stereocenters. The fourth-order valence-corrected chi connectivity index (χ4v) is 4.68. The first-order valence-corrected chi connectivity index (χ1v) is 10.3. The first kappa shape index (κ1) is 20.9. The van der Waals surface area contributed by atoms with E-state index in [0.29, 0.717) is 19.0 Å². The van der Waals surface area contributed by atoms with Crippen LogP contribution in [0.5, 0.6) is 0 Å². The monoisotopic (exact) mass is 417 g/mol. The molecule has 1 aliphatic carbocycles. The number of benzene rings is 2. The van der Waals surface area contributed by atoms with Gasteiger partial charge in [-0.3, -0.25) is 9.69 Å². The van der Waals surface area contributed by atoms with Gasteiger partial charge in [0, 0.05) is 32.2 Å². The standard InChI is InChI=1S/C23H26F3N3O/c1-27-22(30)21-12-19(28-13-15-6-8-18(9-7-15)23(24,25)26)14-29(21)20-10-16-4-2-3-5-17(16)11-20/h2-9,19-21,28H,10-14H2,1H3,(H,27,30)/t19-,21+/m1/s1. The van der Waals surface area contributed by atoms with E-state index in [4.69, 9.17) is 0 Å². The summed E-state index contributed by atoms with van der Waals surface area (Å²) in [5.74, 6) is 0.0183. The number of nitrogens with zero attached hydrogens (tertiary/aromatic N) is 1. The lowest BCUT2D eigenvalue weighted by atomic mass is 10.1. The van der Waals surface area contributed by atoms with Crippen LogP contribution < -0.4 is 10.6 Å². The summed E-state index contributed by atoms with van der Waals surface area (Å²) in [6, 6.07) is 13.9. The molecule has 1 aliphatic heterocycles. The number of carbonyl (C=O) groups is 1. The lowest BCUT2D eigenvalue weighted by Crippen LogP contribution is -2.47. The Morgan fingerprint density at radius 3 is 2.27 bits per heavy atom. The van der Waals surface area contributed by atoms with Gasteiger partial charge in [-0.2, -0.15) is 13.2 Å². The van der Waals surface area contributed by atoms with Crippen molar-refractivity contribution in [3.63, 3.8) is 0 Å². The fourth-order valence-electron chi connectivity index (χ4n) is 4.68. The number of halogens is 3. The molecule has 0 radical (unpaired) electrons. The molecular formula is C23H26F3N3O. The number of carbonyl (C=O) groups excluding carboxylic acids is 1. The van der Waals surface area contributed by atoms with Gasteiger partial charge in [0.1, 0.15) is 0 Å². The van der Waals surface area contributed by atoms with Crippen molar-refractivity contribution in [2.24, 2.45) is 0 Å². The minimum absolute atomic E-state index is 0.0183. The molecule has 2 aromatic rings. The Kier molecular flexibility index (Phi) is 5.84. The zero-order valence-corrected chi connectivity index (χ0v) is 16.9. The maximum absolute atomic E-state index is 12.7. The van der Waals surface area contributed by atoms with Crippen LogP contribution in [-0.2, 0) is 30.4 Å². The highest BCUT2D eigenvalue weighted by Gasteiger charge is 2.41. The number of hydrogen-bond donors (Lipinski definition) is 2. The third-order valence-corrected chi connectivity index (χ3v) is 6.26. The molecule has 7 heteroatoms. The predicted molar refractivity (Wildman–Crippen MR) is 109 cm³/mol. The van der Waals surface area contributed by atoms with Crippen molar-refractivity contribution >= 4 is 5.91 Å². The Morgan fingerprint density at radius 1 is 1.07 bits per heavy atom. The average molecular weight is 417 g/mol. The molecule has 0 saturated carbocycles. The smallest absolute Gasteiger partial charge is 0.358 e. The minimum Gasteiger partial charge on any atom is -0.358 e. The van der Waals surface area contributed by atoms with Gasteiger partial charge in [-0.15, -0.1) is 0 Å². The van der Waals surface area contributed by atoms with Crippen LogP contribution in [-0.4, -0.2) is 42.5 Å². The molecular weight excluding hydrogens is 391 g/mol. The lowest BCUT2D eigenvalue weighted by Gasteiger charge is -2.29. The van der Waals surface area contributed by atoms with Crippen LogP contribution in [0.1, 0.15) is 28.7 Å². The van der Waals surface area contributed by atoms with E-state index in [1.165, 1.54) is 23.3 Å². The van der Waals surface area contributed by atoms with Gasteiger partial charge in [-0.25, -0.2) is 0 Å². The summed E-state index contributed by atoms with van der Waals surface area (Å²) in [6.45, 7) is 1.22. The third kappa shape index (κ3) is 4.37.